The van der Waals surface area contributed by atoms with Gasteiger partial charge in [-0.05, 0) is 30.3 Å². The van der Waals surface area contributed by atoms with Gasteiger partial charge in [-0.25, -0.2) is 19.7 Å². The van der Waals surface area contributed by atoms with Crippen molar-refractivity contribution >= 4 is 27.3 Å². The van der Waals surface area contributed by atoms with Gasteiger partial charge in [-0.1, -0.05) is 109 Å². The molecule has 0 aliphatic carbocycles. The molecule has 3 heterocycles. The van der Waals surface area contributed by atoms with Crippen LogP contribution in [0.4, 0.5) is 0 Å². The first-order valence-corrected chi connectivity index (χ1v) is 13.8. The summed E-state index contributed by atoms with van der Waals surface area (Å²) in [6, 6.07) is 45.7. The van der Waals surface area contributed by atoms with E-state index < -0.39 is 0 Å². The van der Waals surface area contributed by atoms with Gasteiger partial charge in [0.05, 0.1) is 22.2 Å². The lowest BCUT2D eigenvalue weighted by Crippen LogP contribution is -2.25. The van der Waals surface area contributed by atoms with Crippen LogP contribution in [-0.4, -0.2) is 23.9 Å². The topological polar surface area (TPSA) is 65.1 Å². The van der Waals surface area contributed by atoms with Crippen molar-refractivity contribution in [1.82, 2.24) is 23.9 Å². The lowest BCUT2D eigenvalue weighted by atomic mass is 10.1. The van der Waals surface area contributed by atoms with E-state index in [1.54, 1.807) is 8.97 Å². The summed E-state index contributed by atoms with van der Waals surface area (Å²) in [5, 5.41) is 1.88. The SMILES string of the molecule is O=c1n(-c2ccccc2)c2ccccc2c2cc3c(-c4nc(-c5ccccc5)nc(-c5ccccc5)n4)cccc3n12. The highest BCUT2D eigenvalue weighted by atomic mass is 16.1. The third kappa shape index (κ3) is 3.81. The molecule has 6 heteroatoms. The number of aromatic nitrogens is 5. The molecule has 0 spiro atoms. The van der Waals surface area contributed by atoms with Crippen LogP contribution < -0.4 is 5.69 Å². The molecule has 0 bridgehead atoms. The molecule has 0 unspecified atom stereocenters. The summed E-state index contributed by atoms with van der Waals surface area (Å²) >= 11 is 0. The summed E-state index contributed by atoms with van der Waals surface area (Å²) in [4.78, 5) is 29.0. The van der Waals surface area contributed by atoms with Crippen LogP contribution in [0.5, 0.6) is 0 Å². The van der Waals surface area contributed by atoms with Crippen LogP contribution >= 0.6 is 0 Å². The monoisotopic (exact) mass is 541 g/mol. The van der Waals surface area contributed by atoms with Crippen LogP contribution in [0.3, 0.4) is 0 Å². The number of para-hydroxylation sites is 2. The Morgan fingerprint density at radius 1 is 0.452 bits per heavy atom. The van der Waals surface area contributed by atoms with E-state index in [1.807, 2.05) is 127 Å². The summed E-state index contributed by atoms with van der Waals surface area (Å²) < 4.78 is 3.57. The number of rotatable bonds is 4. The van der Waals surface area contributed by atoms with E-state index in [0.29, 0.717) is 17.5 Å². The lowest BCUT2D eigenvalue weighted by Gasteiger charge is -2.12. The van der Waals surface area contributed by atoms with Crippen molar-refractivity contribution < 1.29 is 0 Å². The Labute approximate surface area is 240 Å². The number of benzene rings is 5. The second-order valence-corrected chi connectivity index (χ2v) is 10.1. The molecule has 8 rings (SSSR count). The van der Waals surface area contributed by atoms with E-state index in [-0.39, 0.29) is 5.69 Å². The Bertz CT molecular complexity index is 2250. The number of fused-ring (bicyclic) bond motifs is 5. The molecule has 0 saturated heterocycles. The molecule has 8 aromatic rings. The zero-order valence-corrected chi connectivity index (χ0v) is 22.4. The summed E-state index contributed by atoms with van der Waals surface area (Å²) in [5.74, 6) is 1.74. The molecular weight excluding hydrogens is 518 g/mol. The van der Waals surface area contributed by atoms with E-state index in [2.05, 4.69) is 12.1 Å². The first-order chi connectivity index (χ1) is 20.8. The highest BCUT2D eigenvalue weighted by Gasteiger charge is 2.19. The van der Waals surface area contributed by atoms with Gasteiger partial charge in [0.15, 0.2) is 17.5 Å². The standard InChI is InChI=1S/C36H23N5O/c42-36-40(26-17-8-3-9-18-26)30-21-11-10-19-28(30)32-23-29-27(20-12-22-31(29)41(32)36)35-38-33(24-13-4-1-5-14-24)37-34(39-35)25-15-6-2-7-16-25/h1-23H. The molecule has 198 valence electrons. The van der Waals surface area contributed by atoms with Crippen LogP contribution in [0.1, 0.15) is 0 Å². The molecule has 0 aliphatic heterocycles. The summed E-state index contributed by atoms with van der Waals surface area (Å²) in [5.41, 5.74) is 5.82. The van der Waals surface area contributed by atoms with Crippen LogP contribution in [0.15, 0.2) is 144 Å². The minimum Gasteiger partial charge on any atom is -0.262 e. The van der Waals surface area contributed by atoms with Gasteiger partial charge in [0.2, 0.25) is 0 Å². The van der Waals surface area contributed by atoms with Crippen molar-refractivity contribution in [2.45, 2.75) is 0 Å². The maximum atomic E-state index is 14.2. The van der Waals surface area contributed by atoms with E-state index >= 15 is 0 Å². The largest absolute Gasteiger partial charge is 0.338 e. The predicted octanol–water partition coefficient (Wildman–Crippen LogP) is 7.58. The normalized spacial score (nSPS) is 11.4. The van der Waals surface area contributed by atoms with Gasteiger partial charge in [-0.2, -0.15) is 0 Å². The summed E-state index contributed by atoms with van der Waals surface area (Å²) in [7, 11) is 0. The van der Waals surface area contributed by atoms with Gasteiger partial charge in [0, 0.05) is 27.5 Å². The van der Waals surface area contributed by atoms with Gasteiger partial charge in [-0.15, -0.1) is 0 Å². The molecule has 0 amide bonds. The van der Waals surface area contributed by atoms with E-state index in [1.165, 1.54) is 0 Å². The average Bonchev–Trinajstić information content (AvgIpc) is 3.47. The maximum absolute atomic E-state index is 14.2. The average molecular weight is 542 g/mol. The molecule has 42 heavy (non-hydrogen) atoms. The first kappa shape index (κ1) is 24.0. The number of nitrogens with zero attached hydrogens (tertiary/aromatic N) is 5. The van der Waals surface area contributed by atoms with Crippen molar-refractivity contribution in [2.24, 2.45) is 0 Å². The smallest absolute Gasteiger partial charge is 0.262 e. The Balaban J connectivity index is 1.44. The van der Waals surface area contributed by atoms with Crippen molar-refractivity contribution in [3.63, 3.8) is 0 Å². The van der Waals surface area contributed by atoms with Gasteiger partial charge in [-0.3, -0.25) is 8.97 Å². The molecular formula is C36H23N5O. The van der Waals surface area contributed by atoms with E-state index in [0.717, 1.165) is 49.7 Å². The molecule has 0 aliphatic rings. The number of hydrogen-bond acceptors (Lipinski definition) is 4. The maximum Gasteiger partial charge on any atom is 0.338 e. The van der Waals surface area contributed by atoms with Gasteiger partial charge < -0.3 is 0 Å². The molecule has 3 aromatic heterocycles. The fourth-order valence-electron chi connectivity index (χ4n) is 5.67. The Hall–Kier alpha value is -5.88. The highest BCUT2D eigenvalue weighted by Crippen LogP contribution is 2.33. The summed E-state index contributed by atoms with van der Waals surface area (Å²) in [6.07, 6.45) is 0. The fourth-order valence-corrected chi connectivity index (χ4v) is 5.67. The van der Waals surface area contributed by atoms with Crippen molar-refractivity contribution in [3.05, 3.63) is 150 Å². The van der Waals surface area contributed by atoms with Crippen molar-refractivity contribution in [2.75, 3.05) is 0 Å². The molecule has 0 radical (unpaired) electrons. The molecule has 0 atom stereocenters. The first-order valence-electron chi connectivity index (χ1n) is 13.8. The van der Waals surface area contributed by atoms with Gasteiger partial charge in [0.25, 0.3) is 0 Å². The molecule has 6 nitrogen and oxygen atoms in total. The third-order valence-electron chi connectivity index (χ3n) is 7.60. The Kier molecular flexibility index (Phi) is 5.50. The molecule has 5 aromatic carbocycles. The lowest BCUT2D eigenvalue weighted by molar-refractivity contribution is 0.936. The fraction of sp³-hybridized carbons (Fsp3) is 0. The van der Waals surface area contributed by atoms with Gasteiger partial charge in [0.1, 0.15) is 0 Å². The molecule has 0 N–H and O–H groups in total. The quantitative estimate of drug-likeness (QED) is 0.230. The minimum atomic E-state index is -0.132. The molecule has 0 fully saturated rings. The third-order valence-corrected chi connectivity index (χ3v) is 7.60. The van der Waals surface area contributed by atoms with Gasteiger partial charge >= 0.3 is 5.69 Å². The Morgan fingerprint density at radius 2 is 1.00 bits per heavy atom. The van der Waals surface area contributed by atoms with Crippen molar-refractivity contribution in [1.29, 1.82) is 0 Å². The van der Waals surface area contributed by atoms with Crippen LogP contribution in [0, 0.1) is 0 Å². The Morgan fingerprint density at radius 3 is 1.67 bits per heavy atom. The van der Waals surface area contributed by atoms with E-state index in [9.17, 15) is 4.79 Å². The second-order valence-electron chi connectivity index (χ2n) is 10.1. The predicted molar refractivity (Wildman–Crippen MR) is 168 cm³/mol. The zero-order chi connectivity index (χ0) is 28.0. The highest BCUT2D eigenvalue weighted by molar-refractivity contribution is 6.05. The van der Waals surface area contributed by atoms with E-state index in [4.69, 9.17) is 15.0 Å². The second kappa shape index (κ2) is 9.64. The molecule has 0 saturated carbocycles. The minimum absolute atomic E-state index is 0.132. The number of hydrogen-bond donors (Lipinski definition) is 0. The van der Waals surface area contributed by atoms with Crippen LogP contribution in [0.25, 0.3) is 67.2 Å². The summed E-state index contributed by atoms with van der Waals surface area (Å²) in [6.45, 7) is 0. The van der Waals surface area contributed by atoms with Crippen molar-refractivity contribution in [3.8, 4) is 39.9 Å². The van der Waals surface area contributed by atoms with Crippen LogP contribution in [-0.2, 0) is 0 Å². The van der Waals surface area contributed by atoms with Crippen LogP contribution in [0.2, 0.25) is 0 Å². The zero-order valence-electron chi connectivity index (χ0n) is 22.4.